The van der Waals surface area contributed by atoms with E-state index in [1.165, 1.54) is 4.57 Å². The molecule has 1 unspecified atom stereocenters. The van der Waals surface area contributed by atoms with E-state index in [4.69, 9.17) is 0 Å². The first-order chi connectivity index (χ1) is 12.2. The van der Waals surface area contributed by atoms with E-state index in [0.717, 1.165) is 37.0 Å². The van der Waals surface area contributed by atoms with Gasteiger partial charge in [0.2, 0.25) is 0 Å². The van der Waals surface area contributed by atoms with Crippen molar-refractivity contribution in [3.05, 3.63) is 28.0 Å². The summed E-state index contributed by atoms with van der Waals surface area (Å²) in [5, 5.41) is 13.8. The number of benzene rings is 1. The number of aliphatic hydroxyl groups is 1. The summed E-state index contributed by atoms with van der Waals surface area (Å²) in [6, 6.07) is 7.57. The first kappa shape index (κ1) is 19.8. The van der Waals surface area contributed by atoms with Crippen LogP contribution in [0.25, 0.3) is 10.9 Å². The number of aromatic nitrogens is 1. The molecule has 8 heteroatoms. The summed E-state index contributed by atoms with van der Waals surface area (Å²) in [5.41, 5.74) is 1.48. The second kappa shape index (κ2) is 7.93. The minimum absolute atomic E-state index is 0.287. The first-order valence-electron chi connectivity index (χ1n) is 8.74. The fourth-order valence-electron chi connectivity index (χ4n) is 3.57. The van der Waals surface area contributed by atoms with E-state index in [2.05, 4.69) is 10.2 Å². The third-order valence-electron chi connectivity index (χ3n) is 4.70. The van der Waals surface area contributed by atoms with Crippen LogP contribution in [0.15, 0.2) is 24.3 Å². The van der Waals surface area contributed by atoms with Gasteiger partial charge < -0.3 is 19.9 Å². The lowest BCUT2D eigenvalue weighted by Gasteiger charge is -2.33. The van der Waals surface area contributed by atoms with Crippen molar-refractivity contribution in [2.45, 2.75) is 44.6 Å². The Labute approximate surface area is 164 Å². The Balaban J connectivity index is 1.74. The van der Waals surface area contributed by atoms with Crippen LogP contribution >= 0.6 is 22.6 Å². The molecule has 1 atom stereocenters. The lowest BCUT2D eigenvalue weighted by Crippen LogP contribution is -2.41. The monoisotopic (exact) mass is 481 g/mol. The Morgan fingerprint density at radius 3 is 2.62 bits per heavy atom. The molecule has 2 aromatic rings. The van der Waals surface area contributed by atoms with Crippen LogP contribution in [0.3, 0.4) is 0 Å². The van der Waals surface area contributed by atoms with Crippen molar-refractivity contribution >= 4 is 39.2 Å². The van der Waals surface area contributed by atoms with Crippen LogP contribution < -0.4 is 5.32 Å². The van der Waals surface area contributed by atoms with E-state index in [1.807, 2.05) is 34.7 Å². The maximum absolute atomic E-state index is 12.9. The van der Waals surface area contributed by atoms with E-state index in [0.29, 0.717) is 15.8 Å². The molecule has 4 nitrogen and oxygen atoms in total. The normalized spacial score (nSPS) is 18.4. The minimum Gasteiger partial charge on any atom is -0.392 e. The minimum atomic E-state index is -4.24. The second-order valence-electron chi connectivity index (χ2n) is 6.97. The smallest absolute Gasteiger partial charge is 0.392 e. The molecule has 2 N–H and O–H groups in total. The number of piperidine rings is 1. The molecule has 1 fully saturated rings. The molecule has 0 aliphatic carbocycles. The number of alkyl halides is 3. The van der Waals surface area contributed by atoms with Gasteiger partial charge in [-0.15, -0.1) is 0 Å². The van der Waals surface area contributed by atoms with Gasteiger partial charge in [-0.25, -0.2) is 0 Å². The molecule has 2 heterocycles. The number of hydrogen-bond acceptors (Lipinski definition) is 3. The Bertz CT molecular complexity index is 752. The molecule has 1 aliphatic rings. The summed E-state index contributed by atoms with van der Waals surface area (Å²) in [7, 11) is 0. The molecule has 3 rings (SSSR count). The van der Waals surface area contributed by atoms with Crippen LogP contribution in [-0.2, 0) is 6.54 Å². The average Bonchev–Trinajstić information content (AvgIpc) is 2.84. The second-order valence-corrected chi connectivity index (χ2v) is 8.08. The highest BCUT2D eigenvalue weighted by Crippen LogP contribution is 2.32. The standard InChI is InChI=1S/C18H23F3IN3O/c1-12(26)10-24-7-5-13(6-8-24)23-15-3-2-4-16-14(15)9-17(22)25(16)11-18(19,20)21/h2-4,9,12-13,23,26H,5-8,10-11H2,1H3. The SMILES string of the molecule is CC(O)CN1CCC(Nc2cccc3c2cc(I)n3CC(F)(F)F)CC1. The van der Waals surface area contributed by atoms with Gasteiger partial charge in [0.25, 0.3) is 0 Å². The van der Waals surface area contributed by atoms with Gasteiger partial charge in [-0.3, -0.25) is 0 Å². The maximum Gasteiger partial charge on any atom is 0.406 e. The Morgan fingerprint density at radius 2 is 2.00 bits per heavy atom. The third kappa shape index (κ3) is 4.83. The van der Waals surface area contributed by atoms with Gasteiger partial charge >= 0.3 is 6.18 Å². The Hall–Kier alpha value is -1.00. The lowest BCUT2D eigenvalue weighted by molar-refractivity contribution is -0.140. The number of rotatable bonds is 5. The van der Waals surface area contributed by atoms with Crippen molar-refractivity contribution in [1.29, 1.82) is 0 Å². The highest BCUT2D eigenvalue weighted by atomic mass is 127. The summed E-state index contributed by atoms with van der Waals surface area (Å²) in [5.74, 6) is 0. The third-order valence-corrected chi connectivity index (χ3v) is 5.60. The van der Waals surface area contributed by atoms with Crippen LogP contribution in [0.4, 0.5) is 18.9 Å². The van der Waals surface area contributed by atoms with Crippen molar-refractivity contribution < 1.29 is 18.3 Å². The van der Waals surface area contributed by atoms with E-state index < -0.39 is 12.7 Å². The van der Waals surface area contributed by atoms with Gasteiger partial charge in [-0.1, -0.05) is 6.07 Å². The quantitative estimate of drug-likeness (QED) is 0.633. The van der Waals surface area contributed by atoms with Crippen molar-refractivity contribution in [1.82, 2.24) is 9.47 Å². The number of β-amino-alcohol motifs (C(OH)–C–C–N with tert-alkyl or cyclic N) is 1. The predicted octanol–water partition coefficient (Wildman–Crippen LogP) is 4.07. The summed E-state index contributed by atoms with van der Waals surface area (Å²) in [4.78, 5) is 2.24. The van der Waals surface area contributed by atoms with Gasteiger partial charge in [-0.2, -0.15) is 13.2 Å². The van der Waals surface area contributed by atoms with E-state index in [9.17, 15) is 18.3 Å². The van der Waals surface area contributed by atoms with Gasteiger partial charge in [0, 0.05) is 36.7 Å². The molecule has 0 radical (unpaired) electrons. The number of aliphatic hydroxyl groups excluding tert-OH is 1. The molecule has 1 aliphatic heterocycles. The number of anilines is 1. The molecule has 1 aromatic heterocycles. The van der Waals surface area contributed by atoms with Crippen molar-refractivity contribution in [3.63, 3.8) is 0 Å². The van der Waals surface area contributed by atoms with Crippen LogP contribution in [0.5, 0.6) is 0 Å². The summed E-state index contributed by atoms with van der Waals surface area (Å²) in [6.45, 7) is 3.31. The molecular weight excluding hydrogens is 458 g/mol. The van der Waals surface area contributed by atoms with Gasteiger partial charge in [0.05, 0.1) is 15.3 Å². The van der Waals surface area contributed by atoms with Crippen LogP contribution in [0.1, 0.15) is 19.8 Å². The van der Waals surface area contributed by atoms with Gasteiger partial charge in [0.15, 0.2) is 0 Å². The molecular formula is C18H23F3IN3O. The van der Waals surface area contributed by atoms with E-state index >= 15 is 0 Å². The highest BCUT2D eigenvalue weighted by Gasteiger charge is 2.30. The highest BCUT2D eigenvalue weighted by molar-refractivity contribution is 14.1. The van der Waals surface area contributed by atoms with E-state index in [1.54, 1.807) is 19.1 Å². The summed E-state index contributed by atoms with van der Waals surface area (Å²) in [6.07, 6.45) is -2.68. The maximum atomic E-state index is 12.9. The Kier molecular flexibility index (Phi) is 6.03. The average molecular weight is 481 g/mol. The molecule has 1 saturated heterocycles. The van der Waals surface area contributed by atoms with Crippen molar-refractivity contribution in [2.24, 2.45) is 0 Å². The van der Waals surface area contributed by atoms with Crippen molar-refractivity contribution in [3.8, 4) is 0 Å². The van der Waals surface area contributed by atoms with Crippen LogP contribution in [-0.4, -0.2) is 52.5 Å². The molecule has 0 bridgehead atoms. The molecule has 26 heavy (non-hydrogen) atoms. The molecule has 0 amide bonds. The lowest BCUT2D eigenvalue weighted by atomic mass is 10.0. The first-order valence-corrected chi connectivity index (χ1v) is 9.82. The predicted molar refractivity (Wildman–Crippen MR) is 105 cm³/mol. The fraction of sp³-hybridized carbons (Fsp3) is 0.556. The molecule has 1 aromatic carbocycles. The van der Waals surface area contributed by atoms with Gasteiger partial charge in [-0.05, 0) is 60.6 Å². The van der Waals surface area contributed by atoms with Crippen LogP contribution in [0, 0.1) is 3.70 Å². The number of fused-ring (bicyclic) bond motifs is 1. The topological polar surface area (TPSA) is 40.4 Å². The molecule has 144 valence electrons. The number of nitrogens with zero attached hydrogens (tertiary/aromatic N) is 2. The number of likely N-dealkylation sites (tertiary alicyclic amines) is 1. The number of nitrogens with one attached hydrogen (secondary N) is 1. The zero-order chi connectivity index (χ0) is 18.9. The summed E-state index contributed by atoms with van der Waals surface area (Å²) < 4.78 is 40.5. The Morgan fingerprint density at radius 1 is 1.31 bits per heavy atom. The zero-order valence-corrected chi connectivity index (χ0v) is 16.7. The fourth-order valence-corrected chi connectivity index (χ4v) is 4.31. The number of hydrogen-bond donors (Lipinski definition) is 2. The zero-order valence-electron chi connectivity index (χ0n) is 14.6. The van der Waals surface area contributed by atoms with Crippen LogP contribution in [0.2, 0.25) is 0 Å². The molecule has 0 spiro atoms. The van der Waals surface area contributed by atoms with Gasteiger partial charge in [0.1, 0.15) is 6.54 Å². The molecule has 0 saturated carbocycles. The summed E-state index contributed by atoms with van der Waals surface area (Å²) >= 11 is 1.96. The van der Waals surface area contributed by atoms with Crippen molar-refractivity contribution in [2.75, 3.05) is 25.0 Å². The number of halogens is 4. The van der Waals surface area contributed by atoms with E-state index in [-0.39, 0.29) is 12.1 Å². The largest absolute Gasteiger partial charge is 0.406 e.